The summed E-state index contributed by atoms with van der Waals surface area (Å²) < 4.78 is 0. The Kier molecular flexibility index (Phi) is 7.57. The smallest absolute Gasteiger partial charge is 0.242 e. The molecule has 29 heavy (non-hydrogen) atoms. The Labute approximate surface area is 182 Å². The van der Waals surface area contributed by atoms with Gasteiger partial charge in [-0.2, -0.15) is 0 Å². The van der Waals surface area contributed by atoms with Crippen LogP contribution in [0.2, 0.25) is 10.0 Å². The fourth-order valence-electron chi connectivity index (χ4n) is 3.71. The summed E-state index contributed by atoms with van der Waals surface area (Å²) in [5.41, 5.74) is 1.55. The van der Waals surface area contributed by atoms with Crippen molar-refractivity contribution in [3.8, 4) is 0 Å². The van der Waals surface area contributed by atoms with Crippen LogP contribution in [0, 0.1) is 0 Å². The van der Waals surface area contributed by atoms with Crippen molar-refractivity contribution in [2.24, 2.45) is 0 Å². The highest BCUT2D eigenvalue weighted by Gasteiger charge is 2.29. The van der Waals surface area contributed by atoms with Gasteiger partial charge in [-0.05, 0) is 43.0 Å². The largest absolute Gasteiger partial charge is 0.352 e. The van der Waals surface area contributed by atoms with Gasteiger partial charge in [-0.25, -0.2) is 0 Å². The number of hydrogen-bond donors (Lipinski definition) is 1. The average molecular weight is 433 g/mol. The highest BCUT2D eigenvalue weighted by Crippen LogP contribution is 2.26. The van der Waals surface area contributed by atoms with Gasteiger partial charge in [0, 0.05) is 22.6 Å². The Morgan fingerprint density at radius 1 is 1.03 bits per heavy atom. The lowest BCUT2D eigenvalue weighted by Gasteiger charge is -2.30. The molecule has 0 unspecified atom stereocenters. The van der Waals surface area contributed by atoms with Gasteiger partial charge >= 0.3 is 0 Å². The monoisotopic (exact) mass is 432 g/mol. The summed E-state index contributed by atoms with van der Waals surface area (Å²) in [5, 5.41) is 4.01. The molecule has 4 nitrogen and oxygen atoms in total. The van der Waals surface area contributed by atoms with E-state index in [0.717, 1.165) is 31.2 Å². The molecule has 1 saturated carbocycles. The van der Waals surface area contributed by atoms with Crippen molar-refractivity contribution in [2.75, 3.05) is 0 Å². The molecule has 1 atom stereocenters. The quantitative estimate of drug-likeness (QED) is 0.667. The number of amides is 2. The highest BCUT2D eigenvalue weighted by atomic mass is 35.5. The van der Waals surface area contributed by atoms with Crippen molar-refractivity contribution < 1.29 is 9.59 Å². The lowest BCUT2D eigenvalue weighted by atomic mass is 10.1. The predicted octanol–water partition coefficient (Wildman–Crippen LogP) is 5.01. The molecule has 2 aromatic rings. The summed E-state index contributed by atoms with van der Waals surface area (Å²) >= 11 is 12.5. The van der Waals surface area contributed by atoms with Crippen LogP contribution in [-0.4, -0.2) is 28.8 Å². The van der Waals surface area contributed by atoms with Gasteiger partial charge < -0.3 is 10.2 Å². The van der Waals surface area contributed by atoms with Gasteiger partial charge in [-0.3, -0.25) is 9.59 Å². The SMILES string of the molecule is C[C@@H](C(=O)NC1CCCC1)N(Cc1ccccc1)C(=O)Cc1c(Cl)cccc1Cl. The Morgan fingerprint density at radius 3 is 2.28 bits per heavy atom. The molecule has 1 aliphatic rings. The number of nitrogens with zero attached hydrogens (tertiary/aromatic N) is 1. The maximum atomic E-state index is 13.2. The summed E-state index contributed by atoms with van der Waals surface area (Å²) in [6.07, 6.45) is 4.32. The number of rotatable bonds is 7. The number of nitrogens with one attached hydrogen (secondary N) is 1. The van der Waals surface area contributed by atoms with Gasteiger partial charge in [0.05, 0.1) is 6.42 Å². The molecule has 2 amide bonds. The van der Waals surface area contributed by atoms with Crippen molar-refractivity contribution >= 4 is 35.0 Å². The maximum absolute atomic E-state index is 13.2. The zero-order valence-corrected chi connectivity index (χ0v) is 18.0. The van der Waals surface area contributed by atoms with Crippen molar-refractivity contribution in [1.82, 2.24) is 10.2 Å². The molecule has 0 aromatic heterocycles. The van der Waals surface area contributed by atoms with E-state index in [-0.39, 0.29) is 24.3 Å². The normalized spacial score (nSPS) is 15.1. The maximum Gasteiger partial charge on any atom is 0.242 e. The third-order valence-corrected chi connectivity index (χ3v) is 6.16. The van der Waals surface area contributed by atoms with Gasteiger partial charge in [0.25, 0.3) is 0 Å². The van der Waals surface area contributed by atoms with Gasteiger partial charge in [0.2, 0.25) is 11.8 Å². The molecule has 0 spiro atoms. The third kappa shape index (κ3) is 5.74. The second-order valence-electron chi connectivity index (χ2n) is 7.55. The molecule has 0 radical (unpaired) electrons. The van der Waals surface area contributed by atoms with Crippen LogP contribution in [-0.2, 0) is 22.6 Å². The van der Waals surface area contributed by atoms with E-state index in [9.17, 15) is 9.59 Å². The fraction of sp³-hybridized carbons (Fsp3) is 0.391. The van der Waals surface area contributed by atoms with Crippen LogP contribution in [0.5, 0.6) is 0 Å². The first-order valence-corrected chi connectivity index (χ1v) is 10.8. The second-order valence-corrected chi connectivity index (χ2v) is 8.36. The van der Waals surface area contributed by atoms with Crippen LogP contribution >= 0.6 is 23.2 Å². The summed E-state index contributed by atoms with van der Waals surface area (Å²) in [7, 11) is 0. The standard InChI is InChI=1S/C23H26Cl2N2O2/c1-16(23(29)26-18-10-5-6-11-18)27(15-17-8-3-2-4-9-17)22(28)14-19-20(24)12-7-13-21(19)25/h2-4,7-9,12-13,16,18H,5-6,10-11,14-15H2,1H3,(H,26,29)/t16-/m0/s1. The molecular weight excluding hydrogens is 407 g/mol. The lowest BCUT2D eigenvalue weighted by molar-refractivity contribution is -0.140. The summed E-state index contributed by atoms with van der Waals surface area (Å²) in [5.74, 6) is -0.302. The number of hydrogen-bond acceptors (Lipinski definition) is 2. The Morgan fingerprint density at radius 2 is 1.66 bits per heavy atom. The van der Waals surface area contributed by atoms with Crippen LogP contribution < -0.4 is 5.32 Å². The molecule has 1 aliphatic carbocycles. The van der Waals surface area contributed by atoms with Gasteiger partial charge in [-0.15, -0.1) is 0 Å². The summed E-state index contributed by atoms with van der Waals surface area (Å²) in [6.45, 7) is 2.13. The minimum atomic E-state index is -0.593. The van der Waals surface area contributed by atoms with Crippen LogP contribution in [0.3, 0.4) is 0 Å². The molecule has 0 bridgehead atoms. The van der Waals surface area contributed by atoms with Crippen molar-refractivity contribution in [3.05, 3.63) is 69.7 Å². The van der Waals surface area contributed by atoms with Gasteiger partial charge in [0.1, 0.15) is 6.04 Å². The number of carbonyl (C=O) groups is 2. The van der Waals surface area contributed by atoms with E-state index in [1.54, 1.807) is 30.0 Å². The van der Waals surface area contributed by atoms with E-state index < -0.39 is 6.04 Å². The fourth-order valence-corrected chi connectivity index (χ4v) is 4.24. The van der Waals surface area contributed by atoms with Crippen molar-refractivity contribution in [3.63, 3.8) is 0 Å². The van der Waals surface area contributed by atoms with Crippen LogP contribution in [0.25, 0.3) is 0 Å². The molecule has 0 heterocycles. The number of benzene rings is 2. The lowest BCUT2D eigenvalue weighted by Crippen LogP contribution is -2.50. The Bertz CT molecular complexity index is 831. The topological polar surface area (TPSA) is 49.4 Å². The molecule has 1 N–H and O–H groups in total. The van der Waals surface area contributed by atoms with Gasteiger partial charge in [-0.1, -0.05) is 72.4 Å². The number of halogens is 2. The molecule has 0 aliphatic heterocycles. The van der Waals surface area contributed by atoms with Crippen LogP contribution in [0.1, 0.15) is 43.7 Å². The molecule has 3 rings (SSSR count). The van der Waals surface area contributed by atoms with E-state index in [0.29, 0.717) is 22.2 Å². The summed E-state index contributed by atoms with van der Waals surface area (Å²) in [6, 6.07) is 14.5. The number of carbonyl (C=O) groups excluding carboxylic acids is 2. The van der Waals surface area contributed by atoms with Crippen LogP contribution in [0.4, 0.5) is 0 Å². The molecular formula is C23H26Cl2N2O2. The van der Waals surface area contributed by atoms with E-state index >= 15 is 0 Å². The molecule has 0 saturated heterocycles. The van der Waals surface area contributed by atoms with E-state index in [1.165, 1.54) is 0 Å². The Hall–Kier alpha value is -2.04. The predicted molar refractivity (Wildman–Crippen MR) is 117 cm³/mol. The molecule has 1 fully saturated rings. The van der Waals surface area contributed by atoms with Gasteiger partial charge in [0.15, 0.2) is 0 Å². The first-order valence-electron chi connectivity index (χ1n) is 10.0. The second kappa shape index (κ2) is 10.1. The van der Waals surface area contributed by atoms with E-state index in [1.807, 2.05) is 30.3 Å². The minimum Gasteiger partial charge on any atom is -0.352 e. The van der Waals surface area contributed by atoms with Crippen LogP contribution in [0.15, 0.2) is 48.5 Å². The first-order chi connectivity index (χ1) is 14.0. The average Bonchev–Trinajstić information content (AvgIpc) is 3.22. The zero-order valence-electron chi connectivity index (χ0n) is 16.5. The molecule has 2 aromatic carbocycles. The Balaban J connectivity index is 1.79. The zero-order chi connectivity index (χ0) is 20.8. The minimum absolute atomic E-state index is 0.0480. The summed E-state index contributed by atoms with van der Waals surface area (Å²) in [4.78, 5) is 27.7. The van der Waals surface area contributed by atoms with E-state index in [4.69, 9.17) is 23.2 Å². The van der Waals surface area contributed by atoms with E-state index in [2.05, 4.69) is 5.32 Å². The molecule has 154 valence electrons. The van der Waals surface area contributed by atoms with Crippen molar-refractivity contribution in [2.45, 2.75) is 57.7 Å². The highest BCUT2D eigenvalue weighted by molar-refractivity contribution is 6.36. The first kappa shape index (κ1) is 21.7. The third-order valence-electron chi connectivity index (χ3n) is 5.45. The molecule has 6 heteroatoms. The van der Waals surface area contributed by atoms with Crippen molar-refractivity contribution in [1.29, 1.82) is 0 Å².